The van der Waals surface area contributed by atoms with Gasteiger partial charge in [0.2, 0.25) is 11.8 Å². The minimum Gasteiger partial charge on any atom is -0.507 e. The minimum atomic E-state index is -1.06. The average molecular weight is 600 g/mol. The number of ether oxygens (including phenoxy) is 2. The van der Waals surface area contributed by atoms with E-state index in [0.29, 0.717) is 34.6 Å². The first-order valence-corrected chi connectivity index (χ1v) is 14.8. The smallest absolute Gasteiger partial charge is 0.423 e. The van der Waals surface area contributed by atoms with E-state index in [9.17, 15) is 29.7 Å². The molecule has 1 fully saturated rings. The number of methoxy groups -OCH3 is 1. The molecule has 1 aliphatic heterocycles. The van der Waals surface area contributed by atoms with Crippen molar-refractivity contribution in [3.8, 4) is 11.5 Å². The van der Waals surface area contributed by atoms with Gasteiger partial charge in [0.1, 0.15) is 18.1 Å². The van der Waals surface area contributed by atoms with Crippen LogP contribution < -0.4 is 4.74 Å². The highest BCUT2D eigenvalue weighted by Crippen LogP contribution is 2.46. The number of fused-ring (bicyclic) bond motifs is 2. The normalized spacial score (nSPS) is 21.0. The summed E-state index contributed by atoms with van der Waals surface area (Å²) in [6.07, 6.45) is 1.62. The van der Waals surface area contributed by atoms with E-state index in [1.165, 1.54) is 0 Å². The maximum Gasteiger partial charge on any atom is 0.423 e. The lowest BCUT2D eigenvalue weighted by molar-refractivity contribution is -0.137. The van der Waals surface area contributed by atoms with Crippen LogP contribution in [0.15, 0.2) is 83.4 Å². The van der Waals surface area contributed by atoms with E-state index in [1.807, 2.05) is 55.5 Å². The number of likely N-dealkylation sites (tertiary alicyclic amines) is 1. The maximum absolute atomic E-state index is 13.4. The molecule has 0 saturated carbocycles. The molecule has 3 aromatic carbocycles. The first-order chi connectivity index (χ1) is 21.3. The van der Waals surface area contributed by atoms with Crippen LogP contribution in [-0.2, 0) is 14.3 Å². The molecule has 4 atom stereocenters. The molecular weight excluding hydrogens is 562 g/mol. The highest BCUT2D eigenvalue weighted by molar-refractivity contribution is 6.16. The van der Waals surface area contributed by atoms with Gasteiger partial charge in [-0.3, -0.25) is 9.59 Å². The number of benzene rings is 3. The van der Waals surface area contributed by atoms with E-state index in [4.69, 9.17) is 9.47 Å². The molecule has 5 rings (SSSR count). The molecule has 9 heteroatoms. The Kier molecular flexibility index (Phi) is 9.46. The molecule has 0 bridgehead atoms. The van der Waals surface area contributed by atoms with E-state index >= 15 is 0 Å². The van der Waals surface area contributed by atoms with Crippen LogP contribution in [0, 0.1) is 17.8 Å². The number of imide groups is 3. The van der Waals surface area contributed by atoms with Crippen molar-refractivity contribution in [3.63, 3.8) is 0 Å². The number of hydrogen-bond acceptors (Lipinski definition) is 8. The number of phenolic OH excluding ortho intramolecular Hbond substituents is 1. The van der Waals surface area contributed by atoms with Crippen molar-refractivity contribution >= 4 is 34.8 Å². The molecule has 1 aliphatic carbocycles. The van der Waals surface area contributed by atoms with Crippen molar-refractivity contribution < 1.29 is 39.2 Å². The van der Waals surface area contributed by atoms with Crippen molar-refractivity contribution in [1.82, 2.24) is 4.90 Å². The zero-order valence-electron chi connectivity index (χ0n) is 24.8. The molecule has 0 aromatic heterocycles. The number of carbonyl (C=O) groups excluding carboxylic acids is 3. The lowest BCUT2D eigenvalue weighted by Gasteiger charge is -2.36. The highest BCUT2D eigenvalue weighted by atomic mass is 16.5. The molecule has 3 N–H and O–H groups in total. The van der Waals surface area contributed by atoms with Crippen LogP contribution in [0.5, 0.6) is 11.5 Å². The predicted octanol–water partition coefficient (Wildman–Crippen LogP) is 5.24. The zero-order valence-corrected chi connectivity index (χ0v) is 24.8. The van der Waals surface area contributed by atoms with Crippen molar-refractivity contribution in [2.45, 2.75) is 38.7 Å². The maximum atomic E-state index is 13.4. The van der Waals surface area contributed by atoms with Gasteiger partial charge >= 0.3 is 6.09 Å². The summed E-state index contributed by atoms with van der Waals surface area (Å²) < 4.78 is 10.7. The lowest BCUT2D eigenvalue weighted by atomic mass is 9.68. The van der Waals surface area contributed by atoms with Crippen LogP contribution >= 0.6 is 0 Å². The minimum absolute atomic E-state index is 0.0474. The number of aliphatic hydroxyl groups excluding tert-OH is 2. The number of phenols is 1. The van der Waals surface area contributed by atoms with Crippen molar-refractivity contribution in [2.24, 2.45) is 17.8 Å². The van der Waals surface area contributed by atoms with Crippen molar-refractivity contribution in [3.05, 3.63) is 89.0 Å². The Morgan fingerprint density at radius 1 is 1.02 bits per heavy atom. The molecule has 3 aromatic rings. The Hall–Kier alpha value is -4.47. The third kappa shape index (κ3) is 5.98. The summed E-state index contributed by atoms with van der Waals surface area (Å²) in [4.78, 5) is 39.4. The molecule has 230 valence electrons. The Morgan fingerprint density at radius 3 is 2.41 bits per heavy atom. The fraction of sp³-hybridized carbons (Fsp3) is 0.343. The lowest BCUT2D eigenvalue weighted by Crippen LogP contribution is -2.40. The van der Waals surface area contributed by atoms with Gasteiger partial charge in [-0.2, -0.15) is 4.90 Å². The number of nitrogens with zero attached hydrogens (tertiary/aromatic N) is 1. The second-order valence-electron chi connectivity index (χ2n) is 11.2. The molecule has 3 amide bonds. The molecule has 1 saturated heterocycles. The van der Waals surface area contributed by atoms with E-state index in [1.54, 1.807) is 18.2 Å². The van der Waals surface area contributed by atoms with Gasteiger partial charge in [0.15, 0.2) is 0 Å². The number of allylic oxidation sites excluding steroid dienone is 1. The molecule has 0 radical (unpaired) electrons. The van der Waals surface area contributed by atoms with Gasteiger partial charge in [0.25, 0.3) is 0 Å². The van der Waals surface area contributed by atoms with Gasteiger partial charge in [-0.25, -0.2) is 4.79 Å². The zero-order chi connectivity index (χ0) is 31.4. The number of aliphatic hydroxyl groups is 2. The van der Waals surface area contributed by atoms with E-state index in [-0.39, 0.29) is 18.8 Å². The summed E-state index contributed by atoms with van der Waals surface area (Å²) in [5.74, 6) is -3.35. The number of para-hydroxylation sites is 1. The van der Waals surface area contributed by atoms with Crippen LogP contribution in [0.1, 0.15) is 38.2 Å². The third-order valence-electron chi connectivity index (χ3n) is 8.74. The van der Waals surface area contributed by atoms with Gasteiger partial charge in [0, 0.05) is 11.3 Å². The van der Waals surface area contributed by atoms with Crippen molar-refractivity contribution in [1.29, 1.82) is 0 Å². The van der Waals surface area contributed by atoms with E-state index in [2.05, 4.69) is 6.08 Å². The molecule has 9 nitrogen and oxygen atoms in total. The fourth-order valence-electron chi connectivity index (χ4n) is 6.53. The Balaban J connectivity index is 1.45. The largest absolute Gasteiger partial charge is 0.507 e. The number of carbonyl (C=O) groups is 3. The number of aromatic hydroxyl groups is 1. The molecule has 0 unspecified atom stereocenters. The molecule has 2 aliphatic rings. The first-order valence-electron chi connectivity index (χ1n) is 14.8. The molecule has 0 spiro atoms. The number of hydrogen-bond donors (Lipinski definition) is 3. The summed E-state index contributed by atoms with van der Waals surface area (Å²) in [7, 11) is 1.10. The van der Waals surface area contributed by atoms with Gasteiger partial charge in [-0.15, -0.1) is 0 Å². The monoisotopic (exact) mass is 599 g/mol. The first kappa shape index (κ1) is 31.0. The second-order valence-corrected chi connectivity index (χ2v) is 11.2. The Morgan fingerprint density at radius 2 is 1.73 bits per heavy atom. The van der Waals surface area contributed by atoms with E-state index in [0.717, 1.165) is 35.4 Å². The second kappa shape index (κ2) is 13.4. The van der Waals surface area contributed by atoms with E-state index < -0.39 is 48.4 Å². The molecule has 1 heterocycles. The average Bonchev–Trinajstić information content (AvgIpc) is 3.30. The van der Waals surface area contributed by atoms with Crippen LogP contribution in [0.4, 0.5) is 4.79 Å². The number of amides is 3. The summed E-state index contributed by atoms with van der Waals surface area (Å²) in [6.45, 7) is 1.59. The standard InChI is InChI=1S/C35H37NO8/c1-3-21(17-22-14-16-29(38)26-12-8-7-11-25(22)26)13-15-30(39)31-23(20-44-24-9-5-4-6-10-24)18-27-32(28(31)19-37)34(41)36(33(27)40)35(42)43-2/h4-12,14,16-17,27-28,30,32,37-39H,3,13,15,18-20H2,1-2H3/b21-17+/t27-,28+,30-,32-/m1/s1. The van der Waals surface area contributed by atoms with Crippen LogP contribution in [0.25, 0.3) is 16.8 Å². The quantitative estimate of drug-likeness (QED) is 0.213. The van der Waals surface area contributed by atoms with Gasteiger partial charge < -0.3 is 24.8 Å². The third-order valence-corrected chi connectivity index (χ3v) is 8.74. The van der Waals surface area contributed by atoms with Gasteiger partial charge in [0.05, 0.1) is 31.7 Å². The Bertz CT molecular complexity index is 1610. The summed E-state index contributed by atoms with van der Waals surface area (Å²) in [5, 5.41) is 34.2. The summed E-state index contributed by atoms with van der Waals surface area (Å²) >= 11 is 0. The predicted molar refractivity (Wildman–Crippen MR) is 165 cm³/mol. The Labute approximate surface area is 256 Å². The SMILES string of the molecule is CC/C(=C\c1ccc(O)c2ccccc12)CC[C@@H](O)C1=C(COc2ccccc2)C[C@H]2C(=O)N(C(=O)OC)C(=O)[C@H]2[C@H]1CO. The fourth-order valence-corrected chi connectivity index (χ4v) is 6.53. The van der Waals surface area contributed by atoms with Crippen molar-refractivity contribution in [2.75, 3.05) is 20.3 Å². The summed E-state index contributed by atoms with van der Waals surface area (Å²) in [6, 6.07) is 20.2. The number of rotatable bonds is 10. The van der Waals surface area contributed by atoms with Crippen LogP contribution in [0.3, 0.4) is 0 Å². The van der Waals surface area contributed by atoms with Crippen LogP contribution in [0.2, 0.25) is 0 Å². The van der Waals surface area contributed by atoms with Gasteiger partial charge in [-0.1, -0.05) is 67.1 Å². The van der Waals surface area contributed by atoms with Crippen LogP contribution in [-0.4, -0.2) is 64.6 Å². The highest BCUT2D eigenvalue weighted by Gasteiger charge is 2.57. The molecular formula is C35H37NO8. The topological polar surface area (TPSA) is 134 Å². The molecule has 44 heavy (non-hydrogen) atoms. The van der Waals surface area contributed by atoms with Gasteiger partial charge in [-0.05, 0) is 66.0 Å². The summed E-state index contributed by atoms with van der Waals surface area (Å²) in [5.41, 5.74) is 3.12.